The molecule has 1 aromatic heterocycles. The minimum Gasteiger partial charge on any atom is -0.379 e. The molecule has 1 aliphatic rings. The molecule has 1 fully saturated rings. The van der Waals surface area contributed by atoms with Crippen molar-refractivity contribution in [2.75, 3.05) is 31.7 Å². The third kappa shape index (κ3) is 4.88. The number of ether oxygens (including phenoxy) is 1. The second-order valence-corrected chi connectivity index (χ2v) is 9.74. The molecule has 0 bridgehead atoms. The molecule has 0 spiro atoms. The minimum absolute atomic E-state index is 0.253. The number of hydrazone groups is 1. The van der Waals surface area contributed by atoms with Crippen molar-refractivity contribution in [1.82, 2.24) is 9.29 Å². The summed E-state index contributed by atoms with van der Waals surface area (Å²) in [5.41, 5.74) is 5.17. The third-order valence-corrected chi connectivity index (χ3v) is 7.34. The number of anilines is 1. The molecule has 7 nitrogen and oxygen atoms in total. The second kappa shape index (κ2) is 9.23. The van der Waals surface area contributed by atoms with E-state index in [1.54, 1.807) is 36.5 Å². The van der Waals surface area contributed by atoms with E-state index in [9.17, 15) is 8.42 Å². The summed E-state index contributed by atoms with van der Waals surface area (Å²) in [6, 6.07) is 14.2. The summed E-state index contributed by atoms with van der Waals surface area (Å²) in [5, 5.41) is 7.28. The summed E-state index contributed by atoms with van der Waals surface area (Å²) in [5.74, 6) is 0. The monoisotopic (exact) mass is 462 g/mol. The van der Waals surface area contributed by atoms with Crippen molar-refractivity contribution < 1.29 is 13.2 Å². The van der Waals surface area contributed by atoms with Crippen molar-refractivity contribution in [2.45, 2.75) is 4.90 Å². The smallest absolute Gasteiger partial charge is 0.243 e. The molecule has 0 saturated carbocycles. The van der Waals surface area contributed by atoms with Gasteiger partial charge in [0.05, 0.1) is 30.0 Å². The Hall–Kier alpha value is -2.30. The highest BCUT2D eigenvalue weighted by Gasteiger charge is 2.26. The van der Waals surface area contributed by atoms with Gasteiger partial charge >= 0.3 is 0 Å². The quantitative estimate of drug-likeness (QED) is 0.443. The average Bonchev–Trinajstić information content (AvgIpc) is 3.24. The van der Waals surface area contributed by atoms with E-state index in [1.165, 1.54) is 15.6 Å². The Labute approximate surface area is 184 Å². The summed E-state index contributed by atoms with van der Waals surface area (Å²) in [4.78, 5) is 4.76. The first kappa shape index (κ1) is 21.0. The molecule has 1 saturated heterocycles. The zero-order valence-corrected chi connectivity index (χ0v) is 18.3. The summed E-state index contributed by atoms with van der Waals surface area (Å²) >= 11 is 7.35. The van der Waals surface area contributed by atoms with Gasteiger partial charge in [0.15, 0.2) is 0 Å². The standard InChI is InChI=1S/C20H19ClN4O3S2/c21-17-5-1-3-15(11-17)13-22-24-20-23-19(14-29-20)16-4-2-6-18(12-16)30(26,27)25-7-9-28-10-8-25/h1-6,11-14H,7-10H2,(H,23,24). The molecule has 1 N–H and O–H groups in total. The van der Waals surface area contributed by atoms with Crippen molar-refractivity contribution in [2.24, 2.45) is 5.10 Å². The van der Waals surface area contributed by atoms with Gasteiger partial charge in [0, 0.05) is 29.1 Å². The molecule has 0 amide bonds. The van der Waals surface area contributed by atoms with Crippen LogP contribution in [0.5, 0.6) is 0 Å². The fraction of sp³-hybridized carbons (Fsp3) is 0.200. The van der Waals surface area contributed by atoms with E-state index < -0.39 is 10.0 Å². The molecule has 0 aliphatic carbocycles. The van der Waals surface area contributed by atoms with E-state index in [0.717, 1.165) is 11.1 Å². The van der Waals surface area contributed by atoms with Crippen LogP contribution >= 0.6 is 22.9 Å². The Morgan fingerprint density at radius 1 is 1.17 bits per heavy atom. The number of sulfonamides is 1. The Bertz CT molecular complexity index is 1160. The molecular formula is C20H19ClN4O3S2. The summed E-state index contributed by atoms with van der Waals surface area (Å²) in [7, 11) is -3.56. The first-order chi connectivity index (χ1) is 14.5. The van der Waals surface area contributed by atoms with Crippen LogP contribution in [0.1, 0.15) is 5.56 Å². The molecule has 0 radical (unpaired) electrons. The Morgan fingerprint density at radius 2 is 1.97 bits per heavy atom. The third-order valence-electron chi connectivity index (χ3n) is 4.46. The van der Waals surface area contributed by atoms with Crippen molar-refractivity contribution in [3.05, 3.63) is 64.5 Å². The van der Waals surface area contributed by atoms with Crippen molar-refractivity contribution in [3.8, 4) is 11.3 Å². The SMILES string of the molecule is O=S(=O)(c1cccc(-c2csc(NN=Cc3cccc(Cl)c3)n2)c1)N1CCOCC1. The molecule has 156 valence electrons. The van der Waals surface area contributed by atoms with E-state index in [1.807, 2.05) is 23.6 Å². The maximum Gasteiger partial charge on any atom is 0.243 e. The number of rotatable bonds is 6. The number of morpholine rings is 1. The zero-order valence-electron chi connectivity index (χ0n) is 15.9. The average molecular weight is 463 g/mol. The fourth-order valence-electron chi connectivity index (χ4n) is 2.96. The van der Waals surface area contributed by atoms with Gasteiger partial charge in [-0.1, -0.05) is 35.9 Å². The van der Waals surface area contributed by atoms with Crippen LogP contribution in [0.25, 0.3) is 11.3 Å². The van der Waals surface area contributed by atoms with Crippen molar-refractivity contribution in [1.29, 1.82) is 0 Å². The highest BCUT2D eigenvalue weighted by Crippen LogP contribution is 2.28. The van der Waals surface area contributed by atoms with E-state index in [4.69, 9.17) is 16.3 Å². The van der Waals surface area contributed by atoms with Crippen LogP contribution < -0.4 is 5.43 Å². The van der Waals surface area contributed by atoms with Crippen LogP contribution in [0, 0.1) is 0 Å². The molecule has 30 heavy (non-hydrogen) atoms. The van der Waals surface area contributed by atoms with Crippen LogP contribution in [0.2, 0.25) is 5.02 Å². The van der Waals surface area contributed by atoms with E-state index >= 15 is 0 Å². The van der Waals surface area contributed by atoms with Gasteiger partial charge < -0.3 is 4.74 Å². The predicted octanol–water partition coefficient (Wildman–Crippen LogP) is 3.93. The number of benzene rings is 2. The highest BCUT2D eigenvalue weighted by molar-refractivity contribution is 7.89. The lowest BCUT2D eigenvalue weighted by molar-refractivity contribution is 0.0730. The largest absolute Gasteiger partial charge is 0.379 e. The minimum atomic E-state index is -3.56. The molecule has 3 aromatic rings. The van der Waals surface area contributed by atoms with Crippen molar-refractivity contribution >= 4 is 44.3 Å². The first-order valence-corrected chi connectivity index (χ1v) is 11.9. The first-order valence-electron chi connectivity index (χ1n) is 9.21. The predicted molar refractivity (Wildman–Crippen MR) is 120 cm³/mol. The van der Waals surface area contributed by atoms with E-state index in [0.29, 0.717) is 42.2 Å². The number of halogens is 1. The van der Waals surface area contributed by atoms with Crippen LogP contribution in [-0.4, -0.2) is 50.2 Å². The van der Waals surface area contributed by atoms with Gasteiger partial charge in [-0.05, 0) is 29.8 Å². The number of aromatic nitrogens is 1. The van der Waals surface area contributed by atoms with Gasteiger partial charge in [-0.2, -0.15) is 9.41 Å². The van der Waals surface area contributed by atoms with Crippen LogP contribution in [-0.2, 0) is 14.8 Å². The van der Waals surface area contributed by atoms with Crippen LogP contribution in [0.15, 0.2) is 63.9 Å². The Morgan fingerprint density at radius 3 is 2.77 bits per heavy atom. The Balaban J connectivity index is 1.49. The zero-order chi connectivity index (χ0) is 21.0. The highest BCUT2D eigenvalue weighted by atomic mass is 35.5. The molecule has 0 atom stereocenters. The summed E-state index contributed by atoms with van der Waals surface area (Å²) in [6.07, 6.45) is 1.66. The number of nitrogens with one attached hydrogen (secondary N) is 1. The van der Waals surface area contributed by atoms with Gasteiger partial charge in [-0.15, -0.1) is 11.3 Å². The van der Waals surface area contributed by atoms with Crippen LogP contribution in [0.4, 0.5) is 5.13 Å². The lowest BCUT2D eigenvalue weighted by Crippen LogP contribution is -2.40. The number of thiazole rings is 1. The fourth-order valence-corrected chi connectivity index (χ4v) is 5.28. The maximum absolute atomic E-state index is 12.9. The summed E-state index contributed by atoms with van der Waals surface area (Å²) in [6.45, 7) is 1.55. The van der Waals surface area contributed by atoms with Gasteiger partial charge in [-0.25, -0.2) is 13.4 Å². The molecular weight excluding hydrogens is 444 g/mol. The lowest BCUT2D eigenvalue weighted by Gasteiger charge is -2.26. The normalized spacial score (nSPS) is 15.5. The van der Waals surface area contributed by atoms with Gasteiger partial charge in [0.1, 0.15) is 0 Å². The van der Waals surface area contributed by atoms with Crippen molar-refractivity contribution in [3.63, 3.8) is 0 Å². The topological polar surface area (TPSA) is 83.9 Å². The molecule has 2 heterocycles. The molecule has 2 aromatic carbocycles. The molecule has 4 rings (SSSR count). The van der Waals surface area contributed by atoms with Crippen LogP contribution in [0.3, 0.4) is 0 Å². The molecule has 1 aliphatic heterocycles. The Kier molecular flexibility index (Phi) is 6.45. The number of nitrogens with zero attached hydrogens (tertiary/aromatic N) is 3. The van der Waals surface area contributed by atoms with Gasteiger partial charge in [0.2, 0.25) is 15.2 Å². The molecule has 0 unspecified atom stereocenters. The van der Waals surface area contributed by atoms with E-state index in [-0.39, 0.29) is 4.90 Å². The van der Waals surface area contributed by atoms with E-state index in [2.05, 4.69) is 15.5 Å². The maximum atomic E-state index is 12.9. The summed E-state index contributed by atoms with van der Waals surface area (Å²) < 4.78 is 32.5. The number of hydrogen-bond donors (Lipinski definition) is 1. The second-order valence-electron chi connectivity index (χ2n) is 6.51. The van der Waals surface area contributed by atoms with Gasteiger partial charge in [-0.3, -0.25) is 5.43 Å². The van der Waals surface area contributed by atoms with Gasteiger partial charge in [0.25, 0.3) is 0 Å². The number of hydrogen-bond acceptors (Lipinski definition) is 7. The lowest BCUT2D eigenvalue weighted by atomic mass is 10.2. The molecule has 10 heteroatoms.